The van der Waals surface area contributed by atoms with E-state index in [0.717, 1.165) is 38.5 Å². The summed E-state index contributed by atoms with van der Waals surface area (Å²) >= 11 is -1.22. The summed E-state index contributed by atoms with van der Waals surface area (Å²) in [6.07, 6.45) is 7.44. The fourth-order valence-corrected chi connectivity index (χ4v) is 6.99. The Balaban J connectivity index is 1.82. The molecule has 1 heterocycles. The second-order valence-electron chi connectivity index (χ2n) is 15.2. The number of amides is 5. The summed E-state index contributed by atoms with van der Waals surface area (Å²) in [5.74, 6) is -2.41. The largest absolute Gasteiger partial charge is 0.598 e. The number of ketones is 1. The second kappa shape index (κ2) is 14.4. The van der Waals surface area contributed by atoms with E-state index in [9.17, 15) is 28.5 Å². The van der Waals surface area contributed by atoms with Gasteiger partial charge in [0.25, 0.3) is 5.91 Å². The van der Waals surface area contributed by atoms with Crippen molar-refractivity contribution in [3.8, 4) is 0 Å². The monoisotopic (exact) mass is 638 g/mol. The van der Waals surface area contributed by atoms with Crippen LogP contribution in [0.2, 0.25) is 0 Å². The molecule has 12 nitrogen and oxygen atoms in total. The van der Waals surface area contributed by atoms with Gasteiger partial charge in [-0.1, -0.05) is 67.2 Å². The van der Waals surface area contributed by atoms with Gasteiger partial charge in [0.2, 0.25) is 17.6 Å². The summed E-state index contributed by atoms with van der Waals surface area (Å²) in [5.41, 5.74) is 4.28. The summed E-state index contributed by atoms with van der Waals surface area (Å²) in [6.45, 7) is 12.2. The molecule has 3 rings (SSSR count). The number of nitrogens with one attached hydrogen (secondary N) is 3. The first-order valence-electron chi connectivity index (χ1n) is 15.9. The van der Waals surface area contributed by atoms with Crippen LogP contribution in [0.3, 0.4) is 0 Å². The second-order valence-corrected chi connectivity index (χ2v) is 16.7. The first-order chi connectivity index (χ1) is 20.3. The number of primary amides is 1. The molecule has 2 saturated carbocycles. The first kappa shape index (κ1) is 36.1. The molecular weight excluding hydrogens is 584 g/mol. The van der Waals surface area contributed by atoms with Crippen LogP contribution >= 0.6 is 0 Å². The van der Waals surface area contributed by atoms with Gasteiger partial charge in [0, 0.05) is 25.0 Å². The molecule has 0 spiro atoms. The number of urea groups is 1. The topological polar surface area (TPSA) is 177 Å². The Morgan fingerprint density at radius 3 is 2.07 bits per heavy atom. The minimum Gasteiger partial charge on any atom is -0.598 e. The number of carbonyl (C=O) groups excluding carboxylic acids is 5. The highest BCUT2D eigenvalue weighted by atomic mass is 32.2. The predicted octanol–water partition coefficient (Wildman–Crippen LogP) is 1.70. The fraction of sp³-hybridized carbons (Fsp3) is 0.839. The number of hydrogen-bond acceptors (Lipinski definition) is 7. The number of nitrogens with zero attached hydrogens (tertiary/aromatic N) is 2. The van der Waals surface area contributed by atoms with E-state index in [-0.39, 0.29) is 35.1 Å². The molecule has 250 valence electrons. The van der Waals surface area contributed by atoms with Crippen LogP contribution in [-0.2, 0) is 30.5 Å². The molecule has 3 aliphatic rings. The van der Waals surface area contributed by atoms with Gasteiger partial charge in [0.15, 0.2) is 0 Å². The van der Waals surface area contributed by atoms with Crippen LogP contribution in [0.25, 0.3) is 0 Å². The molecule has 13 heteroatoms. The van der Waals surface area contributed by atoms with Crippen molar-refractivity contribution in [2.75, 3.05) is 26.4 Å². The molecule has 0 radical (unpaired) electrons. The van der Waals surface area contributed by atoms with Crippen LogP contribution in [0, 0.1) is 28.6 Å². The molecule has 44 heavy (non-hydrogen) atoms. The number of likely N-dealkylation sites (N-methyl/N-ethyl adjacent to an activating group) is 1. The van der Waals surface area contributed by atoms with Crippen LogP contribution in [0.5, 0.6) is 0 Å². The molecule has 0 aromatic heterocycles. The zero-order valence-electron chi connectivity index (χ0n) is 27.7. The summed E-state index contributed by atoms with van der Waals surface area (Å²) in [5, 5.41) is 8.69. The van der Waals surface area contributed by atoms with Gasteiger partial charge in [0.05, 0.1) is 18.6 Å². The lowest BCUT2D eigenvalue weighted by Gasteiger charge is -2.38. The van der Waals surface area contributed by atoms with E-state index in [1.807, 2.05) is 41.5 Å². The predicted molar refractivity (Wildman–Crippen MR) is 169 cm³/mol. The average Bonchev–Trinajstić information content (AvgIpc) is 3.47. The van der Waals surface area contributed by atoms with Gasteiger partial charge in [-0.2, -0.15) is 0 Å². The fourth-order valence-electron chi connectivity index (χ4n) is 6.63. The number of rotatable bonds is 12. The van der Waals surface area contributed by atoms with Crippen molar-refractivity contribution in [3.05, 3.63) is 0 Å². The highest BCUT2D eigenvalue weighted by molar-refractivity contribution is 7.88. The van der Waals surface area contributed by atoms with Gasteiger partial charge in [-0.3, -0.25) is 19.2 Å². The summed E-state index contributed by atoms with van der Waals surface area (Å²) in [6, 6.07) is -3.68. The highest BCUT2D eigenvalue weighted by Gasteiger charge is 2.52. The number of hydrogen-bond donors (Lipinski definition) is 4. The zero-order valence-corrected chi connectivity index (χ0v) is 28.6. The number of carbonyl (C=O) groups is 5. The quantitative estimate of drug-likeness (QED) is 0.186. The normalized spacial score (nSPS) is 25.0. The van der Waals surface area contributed by atoms with E-state index >= 15 is 0 Å². The molecule has 0 aromatic carbocycles. The lowest BCUT2D eigenvalue weighted by atomic mass is 9.80. The van der Waals surface area contributed by atoms with E-state index in [1.54, 1.807) is 22.5 Å². The standard InChI is InChI=1S/C31H54N6O6S/c1-30(2,3)22(17-36(7)44(8)43)34-29(42)35-25(31(4,5)6)28(41)37-16-19-13-10-14-20(19)23(37)27(40)33-21(24(38)26(32)39)15-18-11-9-12-18/h18-23,25H,9-17H2,1-8H3,(H2,32,39)(H,33,40)(H2,34,35,42)/t19-,20-,21?,22+,23-,25+,44?/m0/s1. The minimum absolute atomic E-state index is 0.0721. The third-order valence-electron chi connectivity index (χ3n) is 9.73. The molecule has 1 aliphatic heterocycles. The highest BCUT2D eigenvalue weighted by Crippen LogP contribution is 2.43. The molecule has 0 aromatic rings. The van der Waals surface area contributed by atoms with Gasteiger partial charge < -0.3 is 31.1 Å². The van der Waals surface area contributed by atoms with Gasteiger partial charge in [0.1, 0.15) is 18.3 Å². The third kappa shape index (κ3) is 8.87. The van der Waals surface area contributed by atoms with Crippen LogP contribution in [0.1, 0.15) is 86.5 Å². The Bertz CT molecular complexity index is 1080. The van der Waals surface area contributed by atoms with E-state index < -0.39 is 58.5 Å². The Morgan fingerprint density at radius 2 is 1.57 bits per heavy atom. The molecule has 7 atom stereocenters. The minimum atomic E-state index is -1.22. The molecule has 5 N–H and O–H groups in total. The third-order valence-corrected chi connectivity index (χ3v) is 10.8. The molecule has 3 fully saturated rings. The Kier molecular flexibility index (Phi) is 11.8. The maximum atomic E-state index is 14.3. The molecular formula is C31H54N6O6S. The van der Waals surface area contributed by atoms with Crippen molar-refractivity contribution >= 4 is 40.9 Å². The van der Waals surface area contributed by atoms with Gasteiger partial charge in [-0.05, 0) is 47.8 Å². The molecule has 2 aliphatic carbocycles. The number of nitrogens with two attached hydrogens (primary N) is 1. The van der Waals surface area contributed by atoms with Crippen molar-refractivity contribution < 1.29 is 28.5 Å². The van der Waals surface area contributed by atoms with Crippen molar-refractivity contribution in [2.24, 2.45) is 34.3 Å². The van der Waals surface area contributed by atoms with E-state index in [1.165, 1.54) is 0 Å². The summed E-state index contributed by atoms with van der Waals surface area (Å²) in [7, 11) is 1.72. The molecule has 5 amide bonds. The van der Waals surface area contributed by atoms with Crippen LogP contribution in [0.15, 0.2) is 0 Å². The smallest absolute Gasteiger partial charge is 0.315 e. The number of fused-ring (bicyclic) bond motifs is 1. The Labute approximate surface area is 265 Å². The van der Waals surface area contributed by atoms with E-state index in [4.69, 9.17) is 5.73 Å². The Hall–Kier alpha value is -2.38. The maximum Gasteiger partial charge on any atom is 0.315 e. The summed E-state index contributed by atoms with van der Waals surface area (Å²) < 4.78 is 13.6. The lowest BCUT2D eigenvalue weighted by molar-refractivity contribution is -0.144. The SMILES string of the molecule is CN(C[C@@H](NC(=O)N[C@H](C(=O)N1C[C@@H]2CCC[C@@H]2[C@H]1C(=O)NC(CC1CCC1)C(=O)C(N)=O)C(C)(C)C)C(C)(C)C)[S+](C)[O-]. The van der Waals surface area contributed by atoms with Crippen LogP contribution in [0.4, 0.5) is 4.79 Å². The number of likely N-dealkylation sites (tertiary alicyclic amines) is 1. The van der Waals surface area contributed by atoms with Crippen LogP contribution in [-0.4, -0.2) is 93.9 Å². The summed E-state index contributed by atoms with van der Waals surface area (Å²) in [4.78, 5) is 67.7. The molecule has 1 saturated heterocycles. The van der Waals surface area contributed by atoms with Crippen molar-refractivity contribution in [2.45, 2.75) is 111 Å². The Morgan fingerprint density at radius 1 is 0.955 bits per heavy atom. The molecule has 2 unspecified atom stereocenters. The lowest BCUT2D eigenvalue weighted by Crippen LogP contribution is -2.62. The number of Topliss-reactive ketones (excluding diaryl/α,β-unsaturated/α-hetero) is 1. The zero-order chi connectivity index (χ0) is 33.1. The van der Waals surface area contributed by atoms with Crippen molar-refractivity contribution in [1.29, 1.82) is 0 Å². The molecule has 0 bridgehead atoms. The van der Waals surface area contributed by atoms with E-state index in [0.29, 0.717) is 19.5 Å². The van der Waals surface area contributed by atoms with Gasteiger partial charge in [-0.25, -0.2) is 4.79 Å². The first-order valence-corrected chi connectivity index (χ1v) is 17.4. The van der Waals surface area contributed by atoms with Crippen molar-refractivity contribution in [3.63, 3.8) is 0 Å². The van der Waals surface area contributed by atoms with Crippen LogP contribution < -0.4 is 21.7 Å². The van der Waals surface area contributed by atoms with Crippen molar-refractivity contribution in [1.82, 2.24) is 25.2 Å². The maximum absolute atomic E-state index is 14.3. The van der Waals surface area contributed by atoms with Gasteiger partial charge >= 0.3 is 6.03 Å². The van der Waals surface area contributed by atoms with E-state index in [2.05, 4.69) is 16.0 Å². The van der Waals surface area contributed by atoms with Gasteiger partial charge in [-0.15, -0.1) is 4.31 Å². The average molecular weight is 639 g/mol.